The normalized spacial score (nSPS) is 16.6. The van der Waals surface area contributed by atoms with Gasteiger partial charge in [-0.1, -0.05) is 13.8 Å². The molecule has 0 aliphatic carbocycles. The molecule has 0 rings (SSSR count). The predicted octanol–water partition coefficient (Wildman–Crippen LogP) is -2.23. The third-order valence-corrected chi connectivity index (χ3v) is 2.84. The number of hydrogen-bond donors (Lipinski definition) is 7. The molecule has 0 aromatic carbocycles. The number of aliphatic hydroxyl groups is 5. The van der Waals surface area contributed by atoms with Crippen molar-refractivity contribution in [3.05, 3.63) is 0 Å². The maximum Gasteiger partial charge on any atom is 0.339 e. The van der Waals surface area contributed by atoms with Gasteiger partial charge in [0.2, 0.25) is 11.2 Å². The number of aliphatic hydroxyl groups excluding tert-OH is 3. The number of carboxylic acids is 2. The van der Waals surface area contributed by atoms with Crippen LogP contribution < -0.4 is 0 Å². The lowest BCUT2D eigenvalue weighted by molar-refractivity contribution is -0.208. The maximum absolute atomic E-state index is 10.7. The summed E-state index contributed by atoms with van der Waals surface area (Å²) in [5, 5.41) is 60.5. The van der Waals surface area contributed by atoms with Crippen molar-refractivity contribution in [3.63, 3.8) is 0 Å². The minimum atomic E-state index is -2.66. The summed E-state index contributed by atoms with van der Waals surface area (Å²) in [7, 11) is 0. The van der Waals surface area contributed by atoms with Gasteiger partial charge in [0.15, 0.2) is 0 Å². The summed E-state index contributed by atoms with van der Waals surface area (Å²) in [4.78, 5) is 21.4. The van der Waals surface area contributed by atoms with E-state index < -0.39 is 29.2 Å². The Morgan fingerprint density at radius 3 is 1.20 bits per heavy atom. The molecular weight excluding hydrogens is 276 g/mol. The highest BCUT2D eigenvalue weighted by Gasteiger charge is 2.58. The summed E-state index contributed by atoms with van der Waals surface area (Å²) in [6.45, 7) is 1.85. The predicted molar refractivity (Wildman–Crippen MR) is 65.9 cm³/mol. The third-order valence-electron chi connectivity index (χ3n) is 2.84. The van der Waals surface area contributed by atoms with Gasteiger partial charge in [-0.2, -0.15) is 0 Å². The van der Waals surface area contributed by atoms with Gasteiger partial charge < -0.3 is 35.7 Å². The average Bonchev–Trinajstić information content (AvgIpc) is 2.44. The fourth-order valence-electron chi connectivity index (χ4n) is 1.30. The lowest BCUT2D eigenvalue weighted by Gasteiger charge is -2.35. The van der Waals surface area contributed by atoms with Crippen LogP contribution >= 0.6 is 0 Å². The Labute approximate surface area is 115 Å². The Bertz CT molecular complexity index is 289. The van der Waals surface area contributed by atoms with Crippen LogP contribution in [0, 0.1) is 0 Å². The van der Waals surface area contributed by atoms with Gasteiger partial charge in [0, 0.05) is 0 Å². The van der Waals surface area contributed by atoms with E-state index in [1.54, 1.807) is 0 Å². The third kappa shape index (κ3) is 4.69. The Hall–Kier alpha value is -1.26. The van der Waals surface area contributed by atoms with Crippen LogP contribution in [-0.4, -0.2) is 78.2 Å². The van der Waals surface area contributed by atoms with Crippen molar-refractivity contribution in [1.82, 2.24) is 0 Å². The molecule has 2 atom stereocenters. The van der Waals surface area contributed by atoms with E-state index in [1.807, 2.05) is 0 Å². The van der Waals surface area contributed by atoms with Crippen molar-refractivity contribution in [2.24, 2.45) is 0 Å². The molecule has 0 radical (unpaired) electrons. The van der Waals surface area contributed by atoms with Gasteiger partial charge in [0.25, 0.3) is 0 Å². The lowest BCUT2D eigenvalue weighted by atomic mass is 9.79. The minimum Gasteiger partial charge on any atom is -0.479 e. The first-order valence-electron chi connectivity index (χ1n) is 5.88. The van der Waals surface area contributed by atoms with Crippen LogP contribution in [0.15, 0.2) is 0 Å². The number of carbonyl (C=O) groups is 2. The molecule has 0 bridgehead atoms. The topological polar surface area (TPSA) is 176 Å². The van der Waals surface area contributed by atoms with E-state index in [1.165, 1.54) is 13.8 Å². The zero-order chi connectivity index (χ0) is 16.6. The number of carboxylic acid groups (broad SMARTS) is 2. The van der Waals surface area contributed by atoms with Crippen molar-refractivity contribution in [3.8, 4) is 0 Å². The Balaban J connectivity index is 0. The van der Waals surface area contributed by atoms with Crippen LogP contribution in [0.2, 0.25) is 0 Å². The molecule has 0 fully saturated rings. The lowest BCUT2D eigenvalue weighted by Crippen LogP contribution is -2.63. The second-order valence-corrected chi connectivity index (χ2v) is 4.06. The van der Waals surface area contributed by atoms with E-state index in [0.29, 0.717) is 0 Å². The van der Waals surface area contributed by atoms with E-state index in [0.717, 1.165) is 0 Å². The molecule has 2 unspecified atom stereocenters. The molecule has 0 spiro atoms. The summed E-state index contributed by atoms with van der Waals surface area (Å²) in [5.74, 6) is -3.49. The van der Waals surface area contributed by atoms with Crippen molar-refractivity contribution in [2.45, 2.75) is 44.0 Å². The Morgan fingerprint density at radius 2 is 1.15 bits per heavy atom. The Morgan fingerprint density at radius 1 is 0.900 bits per heavy atom. The first-order valence-corrected chi connectivity index (χ1v) is 5.88. The molecule has 0 aliphatic heterocycles. The van der Waals surface area contributed by atoms with Gasteiger partial charge in [0.05, 0.1) is 13.2 Å². The number of rotatable bonds is 7. The molecule has 0 aliphatic rings. The summed E-state index contributed by atoms with van der Waals surface area (Å²) < 4.78 is 0. The molecule has 7 N–H and O–H groups in total. The first kappa shape index (κ1) is 21.0. The first-order chi connectivity index (χ1) is 9.07. The maximum atomic E-state index is 10.7. The van der Waals surface area contributed by atoms with Crippen molar-refractivity contribution < 1.29 is 45.3 Å². The largest absolute Gasteiger partial charge is 0.479 e. The zero-order valence-corrected chi connectivity index (χ0v) is 11.4. The summed E-state index contributed by atoms with van der Waals surface area (Å²) >= 11 is 0. The molecule has 20 heavy (non-hydrogen) atoms. The fourth-order valence-corrected chi connectivity index (χ4v) is 1.30. The molecule has 9 nitrogen and oxygen atoms in total. The molecule has 9 heteroatoms. The van der Waals surface area contributed by atoms with Crippen molar-refractivity contribution >= 4 is 11.9 Å². The van der Waals surface area contributed by atoms with Gasteiger partial charge in [-0.25, -0.2) is 9.59 Å². The highest BCUT2D eigenvalue weighted by molar-refractivity contribution is 5.90. The molecule has 0 heterocycles. The quantitative estimate of drug-likeness (QED) is 0.274. The second kappa shape index (κ2) is 8.82. The molecule has 0 aromatic rings. The standard InChI is InChI=1S/C8H14O6.C3H8O3/c1-3-7(13,5(9)10)8(14,4-2)6(11)12;4-1-3(6)2-5/h13-14H,3-4H2,1-2H3,(H,9,10)(H,11,12);3-6H,1-2H2. The van der Waals surface area contributed by atoms with E-state index in [9.17, 15) is 19.8 Å². The molecule has 0 aromatic heterocycles. The fraction of sp³-hybridized carbons (Fsp3) is 0.818. The number of hydrogen-bond acceptors (Lipinski definition) is 7. The van der Waals surface area contributed by atoms with E-state index in [-0.39, 0.29) is 26.1 Å². The van der Waals surface area contributed by atoms with Gasteiger partial charge in [-0.05, 0) is 12.8 Å². The monoisotopic (exact) mass is 298 g/mol. The van der Waals surface area contributed by atoms with Crippen LogP contribution in [0.4, 0.5) is 0 Å². The van der Waals surface area contributed by atoms with Crippen molar-refractivity contribution in [2.75, 3.05) is 13.2 Å². The highest BCUT2D eigenvalue weighted by atomic mass is 16.5. The Kier molecular flexibility index (Phi) is 9.28. The SMILES string of the molecule is CCC(O)(C(=O)O)C(O)(CC)C(=O)O.OCC(O)CO. The van der Waals surface area contributed by atoms with E-state index in [4.69, 9.17) is 25.5 Å². The highest BCUT2D eigenvalue weighted by Crippen LogP contribution is 2.29. The van der Waals surface area contributed by atoms with E-state index in [2.05, 4.69) is 0 Å². The zero-order valence-electron chi connectivity index (χ0n) is 11.4. The van der Waals surface area contributed by atoms with Crippen LogP contribution in [0.5, 0.6) is 0 Å². The number of aliphatic carboxylic acids is 2. The smallest absolute Gasteiger partial charge is 0.339 e. The molecule has 0 amide bonds. The second-order valence-electron chi connectivity index (χ2n) is 4.06. The minimum absolute atomic E-state index is 0.365. The van der Waals surface area contributed by atoms with Gasteiger partial charge in [0.1, 0.15) is 6.10 Å². The summed E-state index contributed by atoms with van der Waals surface area (Å²) in [6.07, 6.45) is -1.73. The molecule has 0 saturated carbocycles. The van der Waals surface area contributed by atoms with Crippen LogP contribution in [0.1, 0.15) is 26.7 Å². The average molecular weight is 298 g/mol. The molecule has 0 saturated heterocycles. The molecular formula is C11H22O9. The van der Waals surface area contributed by atoms with E-state index >= 15 is 0 Å². The van der Waals surface area contributed by atoms with Crippen LogP contribution in [0.25, 0.3) is 0 Å². The summed E-state index contributed by atoms with van der Waals surface area (Å²) in [6, 6.07) is 0. The van der Waals surface area contributed by atoms with Gasteiger partial charge in [-0.15, -0.1) is 0 Å². The van der Waals surface area contributed by atoms with Gasteiger partial charge >= 0.3 is 11.9 Å². The van der Waals surface area contributed by atoms with Crippen molar-refractivity contribution in [1.29, 1.82) is 0 Å². The van der Waals surface area contributed by atoms with Crippen LogP contribution in [-0.2, 0) is 9.59 Å². The molecule has 120 valence electrons. The summed E-state index contributed by atoms with van der Waals surface area (Å²) in [5.41, 5.74) is -5.32. The van der Waals surface area contributed by atoms with Crippen LogP contribution in [0.3, 0.4) is 0 Å². The van der Waals surface area contributed by atoms with Gasteiger partial charge in [-0.3, -0.25) is 0 Å².